The third kappa shape index (κ3) is 1.54. The van der Waals surface area contributed by atoms with Gasteiger partial charge >= 0.3 is 0 Å². The van der Waals surface area contributed by atoms with Gasteiger partial charge in [0.1, 0.15) is 0 Å². The van der Waals surface area contributed by atoms with E-state index in [1.54, 1.807) is 6.20 Å². The number of H-pyrrole nitrogens is 1. The normalized spacial score (nSPS) is 17.2. The van der Waals surface area contributed by atoms with Gasteiger partial charge in [-0.15, -0.1) is 0 Å². The van der Waals surface area contributed by atoms with Crippen molar-refractivity contribution < 1.29 is 13.5 Å². The van der Waals surface area contributed by atoms with Crippen LogP contribution in [0.5, 0.6) is 0 Å². The van der Waals surface area contributed by atoms with Gasteiger partial charge in [0.15, 0.2) is 0 Å². The smallest absolute Gasteiger partial charge is 0.217 e. The Labute approximate surface area is 81.6 Å². The van der Waals surface area contributed by atoms with Crippen LogP contribution in [0.25, 0.3) is 0 Å². The Morgan fingerprint density at radius 2 is 2.36 bits per heavy atom. The van der Waals surface area contributed by atoms with Crippen LogP contribution in [0.1, 0.15) is 11.3 Å². The second-order valence-corrected chi connectivity index (χ2v) is 5.27. The zero-order valence-electron chi connectivity index (χ0n) is 7.47. The molecule has 0 spiro atoms. The van der Waals surface area contributed by atoms with Gasteiger partial charge in [-0.3, -0.25) is 5.10 Å². The highest BCUT2D eigenvalue weighted by Crippen LogP contribution is 2.22. The third-order valence-electron chi connectivity index (χ3n) is 2.23. The van der Waals surface area contributed by atoms with Gasteiger partial charge in [0.2, 0.25) is 10.0 Å². The lowest BCUT2D eigenvalue weighted by Gasteiger charge is -2.14. The molecule has 1 aliphatic heterocycles. The Bertz CT molecular complexity index is 405. The molecule has 7 heteroatoms. The molecule has 0 unspecified atom stereocenters. The summed E-state index contributed by atoms with van der Waals surface area (Å²) in [6, 6.07) is 0. The first-order valence-electron chi connectivity index (χ1n) is 4.23. The van der Waals surface area contributed by atoms with Crippen LogP contribution in [-0.2, 0) is 23.1 Å². The number of aliphatic hydroxyl groups excluding tert-OH is 1. The summed E-state index contributed by atoms with van der Waals surface area (Å²) in [7, 11) is -3.31. The predicted molar refractivity (Wildman–Crippen MR) is 48.7 cm³/mol. The van der Waals surface area contributed by atoms with E-state index < -0.39 is 10.0 Å². The quantitative estimate of drug-likeness (QED) is 0.683. The minimum atomic E-state index is -3.31. The summed E-state index contributed by atoms with van der Waals surface area (Å²) in [4.78, 5) is 0. The lowest BCUT2D eigenvalue weighted by molar-refractivity contribution is 0.314. The number of fused-ring (bicyclic) bond motifs is 1. The van der Waals surface area contributed by atoms with Gasteiger partial charge in [-0.25, -0.2) is 8.42 Å². The van der Waals surface area contributed by atoms with E-state index in [0.29, 0.717) is 13.1 Å². The van der Waals surface area contributed by atoms with Crippen LogP contribution in [0.15, 0.2) is 6.20 Å². The van der Waals surface area contributed by atoms with Crippen molar-refractivity contribution in [3.05, 3.63) is 17.5 Å². The summed E-state index contributed by atoms with van der Waals surface area (Å²) in [6.07, 6.45) is 1.63. The van der Waals surface area contributed by atoms with Crippen molar-refractivity contribution in [2.24, 2.45) is 0 Å². The van der Waals surface area contributed by atoms with Crippen LogP contribution in [0.2, 0.25) is 0 Å². The lowest BCUT2D eigenvalue weighted by atomic mass is 10.3. The maximum atomic E-state index is 11.5. The molecule has 6 nitrogen and oxygen atoms in total. The number of nitrogens with one attached hydrogen (secondary N) is 1. The molecule has 2 rings (SSSR count). The summed E-state index contributed by atoms with van der Waals surface area (Å²) >= 11 is 0. The van der Waals surface area contributed by atoms with Gasteiger partial charge in [0.25, 0.3) is 0 Å². The topological polar surface area (TPSA) is 86.3 Å². The van der Waals surface area contributed by atoms with Gasteiger partial charge in [0, 0.05) is 12.1 Å². The molecule has 0 saturated carbocycles. The van der Waals surface area contributed by atoms with Crippen molar-refractivity contribution in [2.75, 3.05) is 12.4 Å². The molecule has 0 fully saturated rings. The second kappa shape index (κ2) is 3.34. The Morgan fingerprint density at radius 1 is 1.57 bits per heavy atom. The summed E-state index contributed by atoms with van der Waals surface area (Å²) in [5.41, 5.74) is 1.75. The number of hydrogen-bond donors (Lipinski definition) is 2. The highest BCUT2D eigenvalue weighted by molar-refractivity contribution is 7.89. The van der Waals surface area contributed by atoms with Gasteiger partial charge in [0.05, 0.1) is 30.8 Å². The molecule has 1 aromatic heterocycles. The minimum absolute atomic E-state index is 0.218. The van der Waals surface area contributed by atoms with Crippen molar-refractivity contribution in [3.63, 3.8) is 0 Å². The first-order valence-corrected chi connectivity index (χ1v) is 5.84. The van der Waals surface area contributed by atoms with Crippen LogP contribution in [0, 0.1) is 0 Å². The molecule has 0 radical (unpaired) electrons. The highest BCUT2D eigenvalue weighted by Gasteiger charge is 2.29. The summed E-state index contributed by atoms with van der Waals surface area (Å²) in [5.74, 6) is -0.218. The zero-order chi connectivity index (χ0) is 10.2. The number of aromatic amines is 1. The Balaban J connectivity index is 2.15. The Morgan fingerprint density at radius 3 is 3.00 bits per heavy atom. The summed E-state index contributed by atoms with van der Waals surface area (Å²) < 4.78 is 24.4. The molecule has 0 bridgehead atoms. The molecular weight excluding hydrogens is 206 g/mol. The molecule has 0 aliphatic carbocycles. The number of aromatic nitrogens is 2. The zero-order valence-corrected chi connectivity index (χ0v) is 8.29. The van der Waals surface area contributed by atoms with Crippen molar-refractivity contribution >= 4 is 10.0 Å². The predicted octanol–water partition coefficient (Wildman–Crippen LogP) is -0.953. The SMILES string of the molecule is O=S(=O)(CCO)N1Cc2cn[nH]c2C1. The first kappa shape index (κ1) is 9.63. The molecule has 2 N–H and O–H groups in total. The van der Waals surface area contributed by atoms with Crippen molar-refractivity contribution in [2.45, 2.75) is 13.1 Å². The number of sulfonamides is 1. The molecule has 0 saturated heterocycles. The van der Waals surface area contributed by atoms with E-state index in [2.05, 4.69) is 10.2 Å². The molecule has 78 valence electrons. The van der Waals surface area contributed by atoms with Crippen LogP contribution in [0.3, 0.4) is 0 Å². The van der Waals surface area contributed by atoms with Gasteiger partial charge in [-0.2, -0.15) is 9.40 Å². The molecule has 1 aromatic rings. The highest BCUT2D eigenvalue weighted by atomic mass is 32.2. The van der Waals surface area contributed by atoms with E-state index >= 15 is 0 Å². The molecule has 0 aromatic carbocycles. The van der Waals surface area contributed by atoms with E-state index in [4.69, 9.17) is 5.11 Å². The van der Waals surface area contributed by atoms with E-state index in [1.165, 1.54) is 4.31 Å². The average Bonchev–Trinajstić information content (AvgIpc) is 2.60. The molecule has 1 aliphatic rings. The number of aliphatic hydroxyl groups is 1. The average molecular weight is 217 g/mol. The Kier molecular flexibility index (Phi) is 2.30. The summed E-state index contributed by atoms with van der Waals surface area (Å²) in [5, 5.41) is 15.2. The molecule has 2 heterocycles. The van der Waals surface area contributed by atoms with Gasteiger partial charge in [-0.1, -0.05) is 0 Å². The van der Waals surface area contributed by atoms with Gasteiger partial charge < -0.3 is 5.11 Å². The first-order chi connectivity index (χ1) is 6.63. The van der Waals surface area contributed by atoms with Gasteiger partial charge in [-0.05, 0) is 0 Å². The molecule has 0 atom stereocenters. The van der Waals surface area contributed by atoms with E-state index in [-0.39, 0.29) is 12.4 Å². The molecule has 0 amide bonds. The monoisotopic (exact) mass is 217 g/mol. The summed E-state index contributed by atoms with van der Waals surface area (Å²) in [6.45, 7) is 0.344. The fraction of sp³-hybridized carbons (Fsp3) is 0.571. The van der Waals surface area contributed by atoms with Crippen LogP contribution < -0.4 is 0 Å². The maximum absolute atomic E-state index is 11.5. The minimum Gasteiger partial charge on any atom is -0.395 e. The van der Waals surface area contributed by atoms with Crippen molar-refractivity contribution in [3.8, 4) is 0 Å². The molecule has 14 heavy (non-hydrogen) atoms. The Hall–Kier alpha value is -0.920. The fourth-order valence-electron chi connectivity index (χ4n) is 1.47. The van der Waals surface area contributed by atoms with Crippen LogP contribution >= 0.6 is 0 Å². The number of nitrogens with zero attached hydrogens (tertiary/aromatic N) is 2. The fourth-order valence-corrected chi connectivity index (χ4v) is 2.62. The third-order valence-corrected chi connectivity index (χ3v) is 3.97. The number of hydrogen-bond acceptors (Lipinski definition) is 4. The van der Waals surface area contributed by atoms with Crippen LogP contribution in [-0.4, -0.2) is 40.4 Å². The van der Waals surface area contributed by atoms with E-state index in [0.717, 1.165) is 11.3 Å². The van der Waals surface area contributed by atoms with Crippen molar-refractivity contribution in [1.29, 1.82) is 0 Å². The van der Waals surface area contributed by atoms with E-state index in [1.807, 2.05) is 0 Å². The molecular formula is C7H11N3O3S. The lowest BCUT2D eigenvalue weighted by Crippen LogP contribution is -2.29. The second-order valence-electron chi connectivity index (χ2n) is 3.18. The standard InChI is InChI=1S/C7H11N3O3S/c11-1-2-14(12,13)10-4-6-3-8-9-7(6)5-10/h3,11H,1-2,4-5H2,(H,8,9). The number of rotatable bonds is 3. The van der Waals surface area contributed by atoms with Crippen molar-refractivity contribution in [1.82, 2.24) is 14.5 Å². The van der Waals surface area contributed by atoms with Crippen LogP contribution in [0.4, 0.5) is 0 Å². The largest absolute Gasteiger partial charge is 0.395 e. The maximum Gasteiger partial charge on any atom is 0.217 e. The van der Waals surface area contributed by atoms with E-state index in [9.17, 15) is 8.42 Å².